The number of rotatable bonds is 57. The van der Waals surface area contributed by atoms with Crippen molar-refractivity contribution in [2.45, 2.75) is 309 Å². The Hall–Kier alpha value is -2.92. The second-order valence-electron chi connectivity index (χ2n) is 20.6. The van der Waals surface area contributed by atoms with Crippen molar-refractivity contribution in [2.75, 3.05) is 19.8 Å². The fourth-order valence-electron chi connectivity index (χ4n) is 8.80. The van der Waals surface area contributed by atoms with E-state index in [4.69, 9.17) is 14.2 Å². The van der Waals surface area contributed by atoms with Crippen LogP contribution in [0.2, 0.25) is 0 Å². The third-order valence-electron chi connectivity index (χ3n) is 13.4. The minimum Gasteiger partial charge on any atom is -0.462 e. The molecule has 0 aromatic heterocycles. The molecule has 0 heterocycles. The monoisotopic (exact) mass is 1000 g/mol. The van der Waals surface area contributed by atoms with Crippen LogP contribution in [0.25, 0.3) is 0 Å². The molecular formula is C67H118O5. The summed E-state index contributed by atoms with van der Waals surface area (Å²) in [6.07, 6.45) is 83.3. The molecule has 5 nitrogen and oxygen atoms in total. The third-order valence-corrected chi connectivity index (χ3v) is 13.4. The zero-order valence-electron chi connectivity index (χ0n) is 47.9. The van der Waals surface area contributed by atoms with Gasteiger partial charge in [-0.05, 0) is 96.3 Å². The summed E-state index contributed by atoms with van der Waals surface area (Å²) >= 11 is 0. The second kappa shape index (κ2) is 62.4. The van der Waals surface area contributed by atoms with E-state index in [0.29, 0.717) is 19.4 Å². The molecule has 0 aromatic rings. The van der Waals surface area contributed by atoms with Gasteiger partial charge in [-0.3, -0.25) is 9.59 Å². The van der Waals surface area contributed by atoms with E-state index >= 15 is 0 Å². The van der Waals surface area contributed by atoms with Crippen molar-refractivity contribution < 1.29 is 23.8 Å². The average Bonchev–Trinajstić information content (AvgIpc) is 3.38. The Morgan fingerprint density at radius 1 is 0.319 bits per heavy atom. The van der Waals surface area contributed by atoms with Crippen molar-refractivity contribution in [3.05, 3.63) is 85.1 Å². The number of hydrogen-bond donors (Lipinski definition) is 0. The summed E-state index contributed by atoms with van der Waals surface area (Å²) in [4.78, 5) is 25.6. The summed E-state index contributed by atoms with van der Waals surface area (Å²) in [6, 6.07) is 0. The Kier molecular flexibility index (Phi) is 59.8. The van der Waals surface area contributed by atoms with E-state index < -0.39 is 6.10 Å². The second-order valence-corrected chi connectivity index (χ2v) is 20.6. The van der Waals surface area contributed by atoms with Crippen LogP contribution >= 0.6 is 0 Å². The highest BCUT2D eigenvalue weighted by Crippen LogP contribution is 2.16. The largest absolute Gasteiger partial charge is 0.462 e. The summed E-state index contributed by atoms with van der Waals surface area (Å²) in [6.45, 7) is 7.68. The van der Waals surface area contributed by atoms with Gasteiger partial charge >= 0.3 is 11.9 Å². The van der Waals surface area contributed by atoms with E-state index in [1.54, 1.807) is 0 Å². The van der Waals surface area contributed by atoms with Crippen LogP contribution < -0.4 is 0 Å². The van der Waals surface area contributed by atoms with Gasteiger partial charge in [-0.15, -0.1) is 0 Å². The fourth-order valence-corrected chi connectivity index (χ4v) is 8.80. The Balaban J connectivity index is 4.32. The average molecular weight is 1000 g/mol. The number of ether oxygens (including phenoxy) is 3. The van der Waals surface area contributed by atoms with E-state index in [0.717, 1.165) is 96.3 Å². The van der Waals surface area contributed by atoms with E-state index in [1.165, 1.54) is 173 Å². The summed E-state index contributed by atoms with van der Waals surface area (Å²) < 4.78 is 17.5. The molecule has 0 saturated carbocycles. The van der Waals surface area contributed by atoms with Crippen molar-refractivity contribution in [1.29, 1.82) is 0 Å². The molecule has 0 rings (SSSR count). The standard InChI is InChI=1S/C67H118O5/c1-4-7-10-13-16-19-22-25-28-31-34-36-39-42-45-48-51-54-57-60-66(68)71-64-65(63-70-62-59-56-53-50-47-44-41-38-33-30-27-24-21-18-15-12-9-6-3)72-67(69)61-58-55-52-49-46-43-40-37-35-32-29-26-23-20-17-14-11-8-5-2/h9,12,16,18-19,21,25,27-28,30,34,36,38,41,65H,4-8,10-11,13-15,17,20,22-24,26,29,31-33,35,37,39-40,42-64H2,1-3H3/b12-9-,19-16-,21-18-,28-25-,30-27-,36-34-,41-38-. The SMILES string of the molecule is CC/C=C\C/C=C\C/C=C\C/C=C\CCCCCCCOCC(COC(=O)CCCCCCCC/C=C\C/C=C\C/C=C\CCCCC)OC(=O)CCCCCCCCCCCCCCCCCCCCC. The lowest BCUT2D eigenvalue weighted by Gasteiger charge is -2.18. The lowest BCUT2D eigenvalue weighted by Crippen LogP contribution is -2.30. The van der Waals surface area contributed by atoms with Crippen LogP contribution in [0, 0.1) is 0 Å². The molecule has 0 fully saturated rings. The molecule has 0 aromatic carbocycles. The number of carbonyl (C=O) groups excluding carboxylic acids is 2. The van der Waals surface area contributed by atoms with E-state index in [-0.39, 0.29) is 25.2 Å². The van der Waals surface area contributed by atoms with Crippen LogP contribution in [-0.2, 0) is 23.8 Å². The lowest BCUT2D eigenvalue weighted by atomic mass is 10.0. The predicted octanol–water partition coefficient (Wildman–Crippen LogP) is 21.6. The Morgan fingerprint density at radius 3 is 1.03 bits per heavy atom. The van der Waals surface area contributed by atoms with Crippen LogP contribution in [-0.4, -0.2) is 37.9 Å². The summed E-state index contributed by atoms with van der Waals surface area (Å²) in [5.41, 5.74) is 0. The Labute approximate surface area is 448 Å². The number of esters is 2. The van der Waals surface area contributed by atoms with Crippen molar-refractivity contribution >= 4 is 11.9 Å². The highest BCUT2D eigenvalue weighted by molar-refractivity contribution is 5.70. The van der Waals surface area contributed by atoms with Gasteiger partial charge in [-0.1, -0.05) is 279 Å². The van der Waals surface area contributed by atoms with Crippen molar-refractivity contribution in [3.63, 3.8) is 0 Å². The summed E-state index contributed by atoms with van der Waals surface area (Å²) in [7, 11) is 0. The van der Waals surface area contributed by atoms with Gasteiger partial charge < -0.3 is 14.2 Å². The van der Waals surface area contributed by atoms with Crippen molar-refractivity contribution in [3.8, 4) is 0 Å². The summed E-state index contributed by atoms with van der Waals surface area (Å²) in [5, 5.41) is 0. The quantitative estimate of drug-likeness (QED) is 0.0345. The van der Waals surface area contributed by atoms with Crippen molar-refractivity contribution in [1.82, 2.24) is 0 Å². The fraction of sp³-hybridized carbons (Fsp3) is 0.761. The lowest BCUT2D eigenvalue weighted by molar-refractivity contribution is -0.163. The highest BCUT2D eigenvalue weighted by Gasteiger charge is 2.17. The van der Waals surface area contributed by atoms with Gasteiger partial charge in [-0.2, -0.15) is 0 Å². The predicted molar refractivity (Wildman–Crippen MR) is 316 cm³/mol. The maximum absolute atomic E-state index is 12.9. The first-order valence-electron chi connectivity index (χ1n) is 31.1. The van der Waals surface area contributed by atoms with E-state index in [1.807, 2.05) is 0 Å². The maximum atomic E-state index is 12.9. The molecule has 72 heavy (non-hydrogen) atoms. The first-order valence-corrected chi connectivity index (χ1v) is 31.1. The maximum Gasteiger partial charge on any atom is 0.306 e. The van der Waals surface area contributed by atoms with Gasteiger partial charge in [0.2, 0.25) is 0 Å². The first-order chi connectivity index (χ1) is 35.6. The van der Waals surface area contributed by atoms with Crippen molar-refractivity contribution in [2.24, 2.45) is 0 Å². The third kappa shape index (κ3) is 59.6. The molecule has 0 aliphatic carbocycles. The molecule has 0 radical (unpaired) electrons. The zero-order valence-corrected chi connectivity index (χ0v) is 47.9. The normalized spacial score (nSPS) is 12.8. The smallest absolute Gasteiger partial charge is 0.306 e. The van der Waals surface area contributed by atoms with E-state index in [9.17, 15) is 9.59 Å². The van der Waals surface area contributed by atoms with Crippen LogP contribution in [0.5, 0.6) is 0 Å². The first kappa shape index (κ1) is 69.1. The van der Waals surface area contributed by atoms with Gasteiger partial charge in [0.25, 0.3) is 0 Å². The van der Waals surface area contributed by atoms with Crippen LogP contribution in [0.1, 0.15) is 303 Å². The minimum atomic E-state index is -0.555. The van der Waals surface area contributed by atoms with Crippen LogP contribution in [0.4, 0.5) is 0 Å². The molecule has 0 N–H and O–H groups in total. The number of hydrogen-bond acceptors (Lipinski definition) is 5. The summed E-state index contributed by atoms with van der Waals surface area (Å²) in [5.74, 6) is -0.411. The number of allylic oxidation sites excluding steroid dienone is 14. The molecular weight excluding hydrogens is 885 g/mol. The molecule has 0 bridgehead atoms. The topological polar surface area (TPSA) is 61.8 Å². The van der Waals surface area contributed by atoms with E-state index in [2.05, 4.69) is 106 Å². The van der Waals surface area contributed by atoms with Gasteiger partial charge in [0.05, 0.1) is 6.61 Å². The Bertz CT molecular complexity index is 1320. The molecule has 0 aliphatic heterocycles. The molecule has 1 unspecified atom stereocenters. The highest BCUT2D eigenvalue weighted by atomic mass is 16.6. The van der Waals surface area contributed by atoms with Crippen LogP contribution in [0.3, 0.4) is 0 Å². The van der Waals surface area contributed by atoms with Gasteiger partial charge in [-0.25, -0.2) is 0 Å². The molecule has 5 heteroatoms. The molecule has 416 valence electrons. The molecule has 0 amide bonds. The minimum absolute atomic E-state index is 0.0700. The Morgan fingerprint density at radius 2 is 0.625 bits per heavy atom. The molecule has 0 saturated heterocycles. The zero-order chi connectivity index (χ0) is 52.0. The van der Waals surface area contributed by atoms with Crippen LogP contribution in [0.15, 0.2) is 85.1 Å². The van der Waals surface area contributed by atoms with Gasteiger partial charge in [0.1, 0.15) is 6.61 Å². The molecule has 0 aliphatic rings. The molecule has 1 atom stereocenters. The van der Waals surface area contributed by atoms with Gasteiger partial charge in [0.15, 0.2) is 6.10 Å². The number of unbranched alkanes of at least 4 members (excludes halogenated alkanes) is 32. The molecule has 0 spiro atoms. The van der Waals surface area contributed by atoms with Gasteiger partial charge in [0, 0.05) is 19.4 Å². The number of carbonyl (C=O) groups is 2.